The van der Waals surface area contributed by atoms with E-state index in [1.54, 1.807) is 11.3 Å². The highest BCUT2D eigenvalue weighted by Gasteiger charge is 2.01. The molecule has 0 spiro atoms. The summed E-state index contributed by atoms with van der Waals surface area (Å²) >= 11 is 1.69. The molecule has 2 nitrogen and oxygen atoms in total. The molecule has 62 valence electrons. The number of hydrogen-bond acceptors (Lipinski definition) is 3. The smallest absolute Gasteiger partial charge is 0.0911 e. The van der Waals surface area contributed by atoms with Crippen molar-refractivity contribution in [3.8, 4) is 0 Å². The molecule has 0 N–H and O–H groups in total. The molecular formula is C10H6N2S. The lowest BCUT2D eigenvalue weighted by Crippen LogP contribution is -1.79. The van der Waals surface area contributed by atoms with E-state index in [4.69, 9.17) is 0 Å². The molecule has 0 amide bonds. The Bertz CT molecular complexity index is 571. The normalized spacial score (nSPS) is 11.1. The predicted octanol–water partition coefficient (Wildman–Crippen LogP) is 2.84. The first-order valence-corrected chi connectivity index (χ1v) is 4.90. The standard InChI is InChI=1S/C10H6N2S/c1-2-7-6-12-8-3-5-13-10(8)9(7)11-4-1/h1-6H. The third kappa shape index (κ3) is 0.939. The van der Waals surface area contributed by atoms with Gasteiger partial charge in [-0.3, -0.25) is 9.97 Å². The lowest BCUT2D eigenvalue weighted by molar-refractivity contribution is 1.39. The minimum atomic E-state index is 1.04. The molecule has 3 aromatic rings. The Morgan fingerprint density at radius 2 is 2.15 bits per heavy atom. The second-order valence-electron chi connectivity index (χ2n) is 2.83. The fourth-order valence-electron chi connectivity index (χ4n) is 1.43. The SMILES string of the molecule is c1cnc2c(c1)cnc1ccsc12. The van der Waals surface area contributed by atoms with E-state index in [9.17, 15) is 0 Å². The molecule has 3 rings (SSSR count). The van der Waals surface area contributed by atoms with Crippen LogP contribution in [0.2, 0.25) is 0 Å². The van der Waals surface area contributed by atoms with Gasteiger partial charge in [0.15, 0.2) is 0 Å². The van der Waals surface area contributed by atoms with Crippen LogP contribution in [0.4, 0.5) is 0 Å². The topological polar surface area (TPSA) is 25.8 Å². The molecule has 3 heterocycles. The fraction of sp³-hybridized carbons (Fsp3) is 0. The van der Waals surface area contributed by atoms with E-state index in [0.29, 0.717) is 0 Å². The van der Waals surface area contributed by atoms with E-state index in [-0.39, 0.29) is 0 Å². The quantitative estimate of drug-likeness (QED) is 0.539. The summed E-state index contributed by atoms with van der Waals surface area (Å²) in [6.07, 6.45) is 3.69. The van der Waals surface area contributed by atoms with Gasteiger partial charge in [0.2, 0.25) is 0 Å². The summed E-state index contributed by atoms with van der Waals surface area (Å²) < 4.78 is 1.18. The van der Waals surface area contributed by atoms with Crippen LogP contribution in [-0.4, -0.2) is 9.97 Å². The Hall–Kier alpha value is -1.48. The van der Waals surface area contributed by atoms with Gasteiger partial charge in [0.05, 0.1) is 15.7 Å². The molecule has 0 fully saturated rings. The van der Waals surface area contributed by atoms with Gasteiger partial charge >= 0.3 is 0 Å². The molecule has 3 aromatic heterocycles. The zero-order valence-electron chi connectivity index (χ0n) is 6.77. The largest absolute Gasteiger partial charge is 0.255 e. The molecule has 3 heteroatoms. The van der Waals surface area contributed by atoms with Gasteiger partial charge in [0.25, 0.3) is 0 Å². The van der Waals surface area contributed by atoms with Gasteiger partial charge in [-0.2, -0.15) is 0 Å². The molecule has 13 heavy (non-hydrogen) atoms. The van der Waals surface area contributed by atoms with Crippen molar-refractivity contribution in [1.82, 2.24) is 9.97 Å². The summed E-state index contributed by atoms with van der Waals surface area (Å²) in [6, 6.07) is 5.99. The first-order valence-electron chi connectivity index (χ1n) is 4.02. The van der Waals surface area contributed by atoms with Gasteiger partial charge < -0.3 is 0 Å². The summed E-state index contributed by atoms with van der Waals surface area (Å²) in [5, 5.41) is 3.16. The van der Waals surface area contributed by atoms with Crippen LogP contribution in [0, 0.1) is 0 Å². The third-order valence-electron chi connectivity index (χ3n) is 2.04. The van der Waals surface area contributed by atoms with Crippen molar-refractivity contribution in [3.05, 3.63) is 36.0 Å². The van der Waals surface area contributed by atoms with Crippen LogP contribution < -0.4 is 0 Å². The Morgan fingerprint density at radius 1 is 1.15 bits per heavy atom. The van der Waals surface area contributed by atoms with Gasteiger partial charge in [0.1, 0.15) is 0 Å². The Labute approximate surface area is 78.9 Å². The van der Waals surface area contributed by atoms with E-state index in [1.165, 1.54) is 4.70 Å². The van der Waals surface area contributed by atoms with Crippen LogP contribution in [0.25, 0.3) is 21.1 Å². The second-order valence-corrected chi connectivity index (χ2v) is 3.75. The maximum Gasteiger partial charge on any atom is 0.0911 e. The maximum atomic E-state index is 4.35. The summed E-state index contributed by atoms with van der Waals surface area (Å²) in [4.78, 5) is 8.69. The molecule has 0 atom stereocenters. The predicted molar refractivity (Wildman–Crippen MR) is 54.9 cm³/mol. The minimum Gasteiger partial charge on any atom is -0.255 e. The molecule has 0 radical (unpaired) electrons. The molecule has 0 bridgehead atoms. The van der Waals surface area contributed by atoms with E-state index >= 15 is 0 Å². The summed E-state index contributed by atoms with van der Waals surface area (Å²) in [7, 11) is 0. The van der Waals surface area contributed by atoms with Crippen molar-refractivity contribution in [2.45, 2.75) is 0 Å². The highest BCUT2D eigenvalue weighted by Crippen LogP contribution is 2.25. The van der Waals surface area contributed by atoms with E-state index in [2.05, 4.69) is 9.97 Å². The van der Waals surface area contributed by atoms with Crippen LogP contribution in [0.5, 0.6) is 0 Å². The van der Waals surface area contributed by atoms with Crippen LogP contribution in [0.15, 0.2) is 36.0 Å². The van der Waals surface area contributed by atoms with Crippen LogP contribution in [-0.2, 0) is 0 Å². The molecule has 0 saturated heterocycles. The Balaban J connectivity index is 2.65. The number of nitrogens with zero attached hydrogens (tertiary/aromatic N) is 2. The van der Waals surface area contributed by atoms with Crippen LogP contribution in [0.1, 0.15) is 0 Å². The third-order valence-corrected chi connectivity index (χ3v) is 2.95. The van der Waals surface area contributed by atoms with Gasteiger partial charge in [-0.25, -0.2) is 0 Å². The molecule has 0 aromatic carbocycles. The van der Waals surface area contributed by atoms with Gasteiger partial charge in [0, 0.05) is 17.8 Å². The summed E-state index contributed by atoms with van der Waals surface area (Å²) in [5.74, 6) is 0. The number of hydrogen-bond donors (Lipinski definition) is 0. The Morgan fingerprint density at radius 3 is 3.15 bits per heavy atom. The minimum absolute atomic E-state index is 1.04. The lowest BCUT2D eigenvalue weighted by atomic mass is 10.2. The average molecular weight is 186 g/mol. The number of thiophene rings is 1. The molecular weight excluding hydrogens is 180 g/mol. The number of fused-ring (bicyclic) bond motifs is 3. The van der Waals surface area contributed by atoms with Crippen molar-refractivity contribution >= 4 is 32.5 Å². The van der Waals surface area contributed by atoms with Gasteiger partial charge in [-0.1, -0.05) is 0 Å². The van der Waals surface area contributed by atoms with E-state index in [1.807, 2.05) is 36.0 Å². The van der Waals surface area contributed by atoms with Crippen molar-refractivity contribution in [1.29, 1.82) is 0 Å². The van der Waals surface area contributed by atoms with Crippen molar-refractivity contribution in [2.24, 2.45) is 0 Å². The van der Waals surface area contributed by atoms with Crippen molar-refractivity contribution in [2.75, 3.05) is 0 Å². The summed E-state index contributed by atoms with van der Waals surface area (Å²) in [5.41, 5.74) is 2.10. The highest BCUT2D eigenvalue weighted by molar-refractivity contribution is 7.18. The number of aromatic nitrogens is 2. The number of pyridine rings is 2. The molecule has 0 aliphatic rings. The first kappa shape index (κ1) is 6.97. The fourth-order valence-corrected chi connectivity index (χ4v) is 2.29. The molecule has 0 aliphatic carbocycles. The Kier molecular flexibility index (Phi) is 1.34. The van der Waals surface area contributed by atoms with Crippen LogP contribution >= 0.6 is 11.3 Å². The zero-order valence-corrected chi connectivity index (χ0v) is 7.58. The average Bonchev–Trinajstić information content (AvgIpc) is 2.65. The number of rotatable bonds is 0. The molecule has 0 aliphatic heterocycles. The lowest BCUT2D eigenvalue weighted by Gasteiger charge is -1.95. The molecule has 0 saturated carbocycles. The van der Waals surface area contributed by atoms with E-state index in [0.717, 1.165) is 16.4 Å². The van der Waals surface area contributed by atoms with E-state index < -0.39 is 0 Å². The van der Waals surface area contributed by atoms with Gasteiger partial charge in [-0.15, -0.1) is 11.3 Å². The molecule has 0 unspecified atom stereocenters. The van der Waals surface area contributed by atoms with Crippen LogP contribution in [0.3, 0.4) is 0 Å². The second kappa shape index (κ2) is 2.50. The maximum absolute atomic E-state index is 4.35. The summed E-state index contributed by atoms with van der Waals surface area (Å²) in [6.45, 7) is 0. The van der Waals surface area contributed by atoms with Crippen molar-refractivity contribution < 1.29 is 0 Å². The zero-order chi connectivity index (χ0) is 8.67. The highest BCUT2D eigenvalue weighted by atomic mass is 32.1. The monoisotopic (exact) mass is 186 g/mol. The first-order chi connectivity index (χ1) is 6.45. The van der Waals surface area contributed by atoms with Crippen molar-refractivity contribution in [3.63, 3.8) is 0 Å². The van der Waals surface area contributed by atoms with Gasteiger partial charge in [-0.05, 0) is 23.6 Å².